The number of rotatable bonds is 7. The van der Waals surface area contributed by atoms with E-state index in [0.717, 1.165) is 16.8 Å². The highest BCUT2D eigenvalue weighted by molar-refractivity contribution is 6.30. The molecule has 0 spiro atoms. The molecule has 0 bridgehead atoms. The third-order valence-electron chi connectivity index (χ3n) is 5.69. The SMILES string of the molecule is Cc1occc1-c1nc(N)c(OC[C@H](N)Cc2cccc(Cl)c2)cc1-c1cnc2[nH]nc(C)c2n1. The van der Waals surface area contributed by atoms with E-state index in [1.807, 2.05) is 50.2 Å². The maximum absolute atomic E-state index is 6.32. The number of H-pyrrole nitrogens is 1. The van der Waals surface area contributed by atoms with Gasteiger partial charge in [-0.15, -0.1) is 0 Å². The number of hydrogen-bond donors (Lipinski definition) is 3. The van der Waals surface area contributed by atoms with Gasteiger partial charge in [0.15, 0.2) is 17.2 Å². The van der Waals surface area contributed by atoms with E-state index in [0.29, 0.717) is 51.1 Å². The van der Waals surface area contributed by atoms with Gasteiger partial charge in [0.25, 0.3) is 0 Å². The minimum atomic E-state index is -0.267. The molecule has 0 saturated carbocycles. The number of anilines is 1. The van der Waals surface area contributed by atoms with Gasteiger partial charge in [-0.05, 0) is 50.1 Å². The smallest absolute Gasteiger partial charge is 0.174 e. The Hall–Kier alpha value is -3.95. The number of aromatic amines is 1. The lowest BCUT2D eigenvalue weighted by Gasteiger charge is -2.17. The summed E-state index contributed by atoms with van der Waals surface area (Å²) < 4.78 is 11.5. The number of pyridine rings is 1. The number of aromatic nitrogens is 5. The summed E-state index contributed by atoms with van der Waals surface area (Å²) in [6.07, 6.45) is 3.89. The number of nitrogens with two attached hydrogens (primary N) is 2. The van der Waals surface area contributed by atoms with Crippen LogP contribution in [0, 0.1) is 13.8 Å². The second-order valence-corrected chi connectivity index (χ2v) is 8.76. The van der Waals surface area contributed by atoms with Crippen LogP contribution in [-0.2, 0) is 6.42 Å². The Morgan fingerprint density at radius 3 is 2.77 bits per heavy atom. The van der Waals surface area contributed by atoms with Crippen LogP contribution < -0.4 is 16.2 Å². The maximum atomic E-state index is 6.32. The van der Waals surface area contributed by atoms with Crippen LogP contribution in [0.5, 0.6) is 5.75 Å². The molecule has 0 aliphatic heterocycles. The normalized spacial score (nSPS) is 12.2. The summed E-state index contributed by atoms with van der Waals surface area (Å²) in [5, 5.41) is 7.73. The number of hydrogen-bond acceptors (Lipinski definition) is 8. The van der Waals surface area contributed by atoms with Crippen LogP contribution >= 0.6 is 11.6 Å². The first-order valence-corrected chi connectivity index (χ1v) is 11.4. The van der Waals surface area contributed by atoms with Gasteiger partial charge >= 0.3 is 0 Å². The predicted octanol–water partition coefficient (Wildman–Crippen LogP) is 4.48. The van der Waals surface area contributed by atoms with Crippen molar-refractivity contribution in [2.45, 2.75) is 26.3 Å². The molecule has 35 heavy (non-hydrogen) atoms. The molecule has 5 aromatic rings. The zero-order valence-electron chi connectivity index (χ0n) is 19.2. The molecule has 5 N–H and O–H groups in total. The number of ether oxygens (including phenoxy) is 1. The number of aryl methyl sites for hydroxylation is 2. The predicted molar refractivity (Wildman–Crippen MR) is 135 cm³/mol. The first kappa shape index (κ1) is 22.8. The lowest BCUT2D eigenvalue weighted by molar-refractivity contribution is 0.288. The monoisotopic (exact) mass is 489 g/mol. The van der Waals surface area contributed by atoms with Gasteiger partial charge in [0.1, 0.15) is 17.9 Å². The van der Waals surface area contributed by atoms with Crippen molar-refractivity contribution in [3.63, 3.8) is 0 Å². The highest BCUT2D eigenvalue weighted by atomic mass is 35.5. The van der Waals surface area contributed by atoms with E-state index < -0.39 is 0 Å². The first-order chi connectivity index (χ1) is 16.9. The molecule has 10 heteroatoms. The van der Waals surface area contributed by atoms with Crippen LogP contribution in [0.3, 0.4) is 0 Å². The van der Waals surface area contributed by atoms with Crippen molar-refractivity contribution in [2.75, 3.05) is 12.3 Å². The van der Waals surface area contributed by atoms with Crippen molar-refractivity contribution in [3.8, 4) is 28.3 Å². The second-order valence-electron chi connectivity index (χ2n) is 8.32. The summed E-state index contributed by atoms with van der Waals surface area (Å²) in [7, 11) is 0. The van der Waals surface area contributed by atoms with Gasteiger partial charge in [0, 0.05) is 22.2 Å². The molecular formula is C25H24ClN7O2. The van der Waals surface area contributed by atoms with Crippen molar-refractivity contribution >= 4 is 28.6 Å². The fourth-order valence-electron chi connectivity index (χ4n) is 3.92. The maximum Gasteiger partial charge on any atom is 0.174 e. The van der Waals surface area contributed by atoms with E-state index in [2.05, 4.69) is 20.2 Å². The average molecular weight is 490 g/mol. The molecule has 178 valence electrons. The molecule has 9 nitrogen and oxygen atoms in total. The summed E-state index contributed by atoms with van der Waals surface area (Å²) in [5.41, 5.74) is 18.4. The fraction of sp³-hybridized carbons (Fsp3) is 0.200. The van der Waals surface area contributed by atoms with Gasteiger partial charge in [0.05, 0.1) is 29.5 Å². The van der Waals surface area contributed by atoms with Crippen LogP contribution in [0.15, 0.2) is 53.3 Å². The van der Waals surface area contributed by atoms with Gasteiger partial charge in [-0.2, -0.15) is 5.10 Å². The zero-order chi connectivity index (χ0) is 24.5. The molecule has 1 aromatic carbocycles. The van der Waals surface area contributed by atoms with Gasteiger partial charge in [-0.1, -0.05) is 23.7 Å². The molecule has 0 aliphatic carbocycles. The third kappa shape index (κ3) is 4.68. The lowest BCUT2D eigenvalue weighted by atomic mass is 10.0. The van der Waals surface area contributed by atoms with Crippen LogP contribution in [-0.4, -0.2) is 37.8 Å². The average Bonchev–Trinajstić information content (AvgIpc) is 3.43. The topological polar surface area (TPSA) is 142 Å². The highest BCUT2D eigenvalue weighted by Gasteiger charge is 2.20. The van der Waals surface area contributed by atoms with Crippen molar-refractivity contribution in [1.82, 2.24) is 25.1 Å². The Morgan fingerprint density at radius 2 is 2.00 bits per heavy atom. The summed E-state index contributed by atoms with van der Waals surface area (Å²) in [6.45, 7) is 3.98. The molecule has 0 saturated heterocycles. The van der Waals surface area contributed by atoms with Crippen LogP contribution in [0.1, 0.15) is 17.0 Å². The fourth-order valence-corrected chi connectivity index (χ4v) is 4.13. The molecule has 5 rings (SSSR count). The quantitative estimate of drug-likeness (QED) is 0.304. The minimum Gasteiger partial charge on any atom is -0.488 e. The Morgan fingerprint density at radius 1 is 1.14 bits per heavy atom. The van der Waals surface area contributed by atoms with Gasteiger partial charge in [-0.25, -0.2) is 15.0 Å². The number of nitrogens with one attached hydrogen (secondary N) is 1. The van der Waals surface area contributed by atoms with E-state index in [9.17, 15) is 0 Å². The number of furan rings is 1. The molecule has 0 aliphatic rings. The molecule has 0 amide bonds. The lowest BCUT2D eigenvalue weighted by Crippen LogP contribution is -2.30. The van der Waals surface area contributed by atoms with Crippen LogP contribution in [0.4, 0.5) is 5.82 Å². The van der Waals surface area contributed by atoms with E-state index in [-0.39, 0.29) is 18.5 Å². The van der Waals surface area contributed by atoms with Crippen molar-refractivity contribution < 1.29 is 9.15 Å². The van der Waals surface area contributed by atoms with Gasteiger partial charge in [-0.3, -0.25) is 5.10 Å². The number of halogens is 1. The van der Waals surface area contributed by atoms with Crippen molar-refractivity contribution in [3.05, 3.63) is 70.9 Å². The van der Waals surface area contributed by atoms with E-state index in [1.54, 1.807) is 12.5 Å². The molecule has 0 unspecified atom stereocenters. The van der Waals surface area contributed by atoms with Crippen molar-refractivity contribution in [2.24, 2.45) is 5.73 Å². The van der Waals surface area contributed by atoms with Gasteiger partial charge in [0.2, 0.25) is 0 Å². The standard InChI is InChI=1S/C25H24ClN7O2/c1-13-22-25(33-32-13)29-11-20(30-22)19-10-21(24(28)31-23(19)18-6-7-34-14(18)2)35-12-17(27)9-15-4-3-5-16(26)8-15/h3-8,10-11,17H,9,12,27H2,1-2H3,(H2,28,31)(H,29,32,33)/t17-/m1/s1. The minimum absolute atomic E-state index is 0.243. The van der Waals surface area contributed by atoms with Crippen molar-refractivity contribution in [1.29, 1.82) is 0 Å². The second kappa shape index (κ2) is 9.36. The number of nitrogens with zero attached hydrogens (tertiary/aromatic N) is 4. The molecule has 0 fully saturated rings. The van der Waals surface area contributed by atoms with E-state index in [1.165, 1.54) is 0 Å². The Balaban J connectivity index is 1.49. The zero-order valence-corrected chi connectivity index (χ0v) is 20.0. The van der Waals surface area contributed by atoms with E-state index >= 15 is 0 Å². The number of nitrogen functional groups attached to an aromatic ring is 1. The molecule has 4 heterocycles. The summed E-state index contributed by atoms with van der Waals surface area (Å²) in [4.78, 5) is 13.9. The molecular weight excluding hydrogens is 466 g/mol. The Labute approximate surface area is 206 Å². The number of fused-ring (bicyclic) bond motifs is 1. The summed E-state index contributed by atoms with van der Waals surface area (Å²) >= 11 is 6.08. The summed E-state index contributed by atoms with van der Waals surface area (Å²) in [6, 6.07) is 11.0. The Kier molecular flexibility index (Phi) is 6.10. The first-order valence-electron chi connectivity index (χ1n) is 11.0. The molecule has 1 atom stereocenters. The molecule has 4 aromatic heterocycles. The number of benzene rings is 1. The largest absolute Gasteiger partial charge is 0.488 e. The highest BCUT2D eigenvalue weighted by Crippen LogP contribution is 2.37. The van der Waals surface area contributed by atoms with Gasteiger partial charge < -0.3 is 20.6 Å². The molecule has 0 radical (unpaired) electrons. The third-order valence-corrected chi connectivity index (χ3v) is 5.92. The Bertz CT molecular complexity index is 1510. The van der Waals surface area contributed by atoms with Crippen LogP contribution in [0.25, 0.3) is 33.7 Å². The van der Waals surface area contributed by atoms with Crippen LogP contribution in [0.2, 0.25) is 5.02 Å². The summed E-state index contributed by atoms with van der Waals surface area (Å²) in [5.74, 6) is 1.37. The van der Waals surface area contributed by atoms with E-state index in [4.69, 9.17) is 37.2 Å².